The van der Waals surface area contributed by atoms with Crippen molar-refractivity contribution in [3.63, 3.8) is 0 Å². The second-order valence-electron chi connectivity index (χ2n) is 3.73. The first-order valence-corrected chi connectivity index (χ1v) is 4.99. The van der Waals surface area contributed by atoms with E-state index < -0.39 is 6.61 Å². The summed E-state index contributed by atoms with van der Waals surface area (Å²) < 4.78 is 0. The second-order valence-corrected chi connectivity index (χ2v) is 3.73. The first kappa shape index (κ1) is 11.7. The van der Waals surface area contributed by atoms with E-state index in [0.717, 1.165) is 5.56 Å². The number of benzene rings is 1. The van der Waals surface area contributed by atoms with Gasteiger partial charge in [-0.1, -0.05) is 12.1 Å². The number of hydrogen-bond donors (Lipinski definition) is 2. The highest BCUT2D eigenvalue weighted by molar-refractivity contribution is 5.76. The van der Waals surface area contributed by atoms with Crippen molar-refractivity contribution in [1.82, 2.24) is 5.32 Å². The van der Waals surface area contributed by atoms with Gasteiger partial charge < -0.3 is 10.4 Å². The molecule has 3 heteroatoms. The Morgan fingerprint density at radius 1 is 1.27 bits per heavy atom. The van der Waals surface area contributed by atoms with Gasteiger partial charge in [0.1, 0.15) is 6.61 Å². The Labute approximate surface area is 90.1 Å². The molecule has 3 nitrogen and oxygen atoms in total. The van der Waals surface area contributed by atoms with E-state index in [0.29, 0.717) is 6.54 Å². The van der Waals surface area contributed by atoms with Gasteiger partial charge in [-0.2, -0.15) is 0 Å². The molecule has 0 saturated carbocycles. The van der Waals surface area contributed by atoms with Gasteiger partial charge in [0.2, 0.25) is 5.91 Å². The summed E-state index contributed by atoms with van der Waals surface area (Å²) >= 11 is 0. The summed E-state index contributed by atoms with van der Waals surface area (Å²) in [7, 11) is 0. The monoisotopic (exact) mass is 207 g/mol. The van der Waals surface area contributed by atoms with Crippen LogP contribution in [-0.2, 0) is 11.3 Å². The number of carbonyl (C=O) groups excluding carboxylic acids is 1. The Hall–Kier alpha value is -1.35. The molecule has 82 valence electrons. The van der Waals surface area contributed by atoms with Crippen LogP contribution in [0.2, 0.25) is 0 Å². The number of aryl methyl sites for hydroxylation is 1. The molecule has 0 aliphatic carbocycles. The predicted molar refractivity (Wildman–Crippen MR) is 59.6 cm³/mol. The minimum atomic E-state index is -0.454. The molecule has 1 amide bonds. The Kier molecular flexibility index (Phi) is 3.86. The fraction of sp³-hybridized carbons (Fsp3) is 0.417. The molecule has 0 aliphatic rings. The van der Waals surface area contributed by atoms with Gasteiger partial charge in [0.05, 0.1) is 0 Å². The summed E-state index contributed by atoms with van der Waals surface area (Å²) in [6, 6.07) is 4.05. The summed E-state index contributed by atoms with van der Waals surface area (Å²) in [6.07, 6.45) is 0. The SMILES string of the molecule is Cc1ccc(CNC(=O)CO)c(C)c1C. The van der Waals surface area contributed by atoms with Crippen molar-refractivity contribution in [2.45, 2.75) is 27.3 Å². The van der Waals surface area contributed by atoms with E-state index >= 15 is 0 Å². The smallest absolute Gasteiger partial charge is 0.245 e. The van der Waals surface area contributed by atoms with Crippen LogP contribution in [0.15, 0.2) is 12.1 Å². The third-order valence-corrected chi connectivity index (χ3v) is 2.79. The number of rotatable bonds is 3. The van der Waals surface area contributed by atoms with Crippen LogP contribution >= 0.6 is 0 Å². The van der Waals surface area contributed by atoms with E-state index in [2.05, 4.69) is 19.2 Å². The Morgan fingerprint density at radius 2 is 1.93 bits per heavy atom. The van der Waals surface area contributed by atoms with Crippen LogP contribution in [0.3, 0.4) is 0 Å². The fourth-order valence-corrected chi connectivity index (χ4v) is 1.45. The summed E-state index contributed by atoms with van der Waals surface area (Å²) in [4.78, 5) is 10.9. The van der Waals surface area contributed by atoms with Crippen LogP contribution in [0.4, 0.5) is 0 Å². The maximum Gasteiger partial charge on any atom is 0.245 e. The normalized spacial score (nSPS) is 10.1. The summed E-state index contributed by atoms with van der Waals surface area (Å²) in [6.45, 7) is 6.21. The van der Waals surface area contributed by atoms with Gasteiger partial charge in [0.25, 0.3) is 0 Å². The van der Waals surface area contributed by atoms with Crippen molar-refractivity contribution >= 4 is 5.91 Å². The maximum atomic E-state index is 10.9. The van der Waals surface area contributed by atoms with E-state index in [1.165, 1.54) is 16.7 Å². The number of hydrogen-bond acceptors (Lipinski definition) is 2. The highest BCUT2D eigenvalue weighted by Crippen LogP contribution is 2.16. The molecule has 2 N–H and O–H groups in total. The lowest BCUT2D eigenvalue weighted by Crippen LogP contribution is -2.26. The zero-order valence-corrected chi connectivity index (χ0v) is 9.42. The lowest BCUT2D eigenvalue weighted by Gasteiger charge is -2.11. The van der Waals surface area contributed by atoms with Gasteiger partial charge >= 0.3 is 0 Å². The van der Waals surface area contributed by atoms with Gasteiger partial charge in [-0.25, -0.2) is 0 Å². The van der Waals surface area contributed by atoms with Crippen LogP contribution in [0.5, 0.6) is 0 Å². The Bertz CT molecular complexity index is 372. The van der Waals surface area contributed by atoms with E-state index in [1.807, 2.05) is 19.1 Å². The molecule has 1 rings (SSSR count). The van der Waals surface area contributed by atoms with Crippen molar-refractivity contribution < 1.29 is 9.90 Å². The summed E-state index contributed by atoms with van der Waals surface area (Å²) in [5.74, 6) is -0.340. The largest absolute Gasteiger partial charge is 0.387 e. The summed E-state index contributed by atoms with van der Waals surface area (Å²) in [5.41, 5.74) is 4.81. The number of aliphatic hydroxyl groups is 1. The molecule has 0 saturated heterocycles. The average molecular weight is 207 g/mol. The van der Waals surface area contributed by atoms with Crippen molar-refractivity contribution in [1.29, 1.82) is 0 Å². The van der Waals surface area contributed by atoms with Gasteiger partial charge in [0, 0.05) is 6.54 Å². The standard InChI is InChI=1S/C12H17NO2/c1-8-4-5-11(10(3)9(8)2)6-13-12(15)7-14/h4-5,14H,6-7H2,1-3H3,(H,13,15). The molecular weight excluding hydrogens is 190 g/mol. The zero-order chi connectivity index (χ0) is 11.4. The lowest BCUT2D eigenvalue weighted by molar-refractivity contribution is -0.123. The minimum absolute atomic E-state index is 0.340. The molecule has 0 aliphatic heterocycles. The Morgan fingerprint density at radius 3 is 2.53 bits per heavy atom. The minimum Gasteiger partial charge on any atom is -0.387 e. The first-order valence-electron chi connectivity index (χ1n) is 4.99. The molecule has 0 radical (unpaired) electrons. The fourth-order valence-electron chi connectivity index (χ4n) is 1.45. The zero-order valence-electron chi connectivity index (χ0n) is 9.42. The van der Waals surface area contributed by atoms with E-state index in [9.17, 15) is 4.79 Å². The van der Waals surface area contributed by atoms with E-state index in [1.54, 1.807) is 0 Å². The van der Waals surface area contributed by atoms with Crippen molar-refractivity contribution in [3.05, 3.63) is 34.4 Å². The molecule has 0 bridgehead atoms. The van der Waals surface area contributed by atoms with Gasteiger partial charge in [-0.15, -0.1) is 0 Å². The molecule has 0 unspecified atom stereocenters. The third kappa shape index (κ3) is 2.80. The van der Waals surface area contributed by atoms with Crippen molar-refractivity contribution in [3.8, 4) is 0 Å². The Balaban J connectivity index is 2.78. The average Bonchev–Trinajstić information content (AvgIpc) is 2.24. The lowest BCUT2D eigenvalue weighted by atomic mass is 9.99. The van der Waals surface area contributed by atoms with Crippen LogP contribution in [0.1, 0.15) is 22.3 Å². The highest BCUT2D eigenvalue weighted by atomic mass is 16.3. The molecule has 1 aromatic rings. The molecule has 0 aromatic heterocycles. The number of nitrogens with one attached hydrogen (secondary N) is 1. The van der Waals surface area contributed by atoms with Crippen LogP contribution in [0, 0.1) is 20.8 Å². The molecule has 0 heterocycles. The summed E-state index contributed by atoms with van der Waals surface area (Å²) in [5, 5.41) is 11.2. The molecule has 0 atom stereocenters. The van der Waals surface area contributed by atoms with Crippen LogP contribution in [0.25, 0.3) is 0 Å². The molecular formula is C12H17NO2. The molecule has 0 spiro atoms. The number of amides is 1. The highest BCUT2D eigenvalue weighted by Gasteiger charge is 2.04. The van der Waals surface area contributed by atoms with E-state index in [4.69, 9.17) is 5.11 Å². The quantitative estimate of drug-likeness (QED) is 0.783. The topological polar surface area (TPSA) is 49.3 Å². The number of carbonyl (C=O) groups is 1. The van der Waals surface area contributed by atoms with E-state index in [-0.39, 0.29) is 5.91 Å². The van der Waals surface area contributed by atoms with Crippen LogP contribution < -0.4 is 5.32 Å². The molecule has 0 fully saturated rings. The van der Waals surface area contributed by atoms with Gasteiger partial charge in [-0.05, 0) is 43.0 Å². The first-order chi connectivity index (χ1) is 7.06. The molecule has 1 aromatic carbocycles. The van der Waals surface area contributed by atoms with Crippen molar-refractivity contribution in [2.24, 2.45) is 0 Å². The third-order valence-electron chi connectivity index (χ3n) is 2.79. The van der Waals surface area contributed by atoms with Crippen molar-refractivity contribution in [2.75, 3.05) is 6.61 Å². The number of aliphatic hydroxyl groups excluding tert-OH is 1. The van der Waals surface area contributed by atoms with Gasteiger partial charge in [0.15, 0.2) is 0 Å². The second kappa shape index (κ2) is 4.94. The van der Waals surface area contributed by atoms with Gasteiger partial charge in [-0.3, -0.25) is 4.79 Å². The van der Waals surface area contributed by atoms with Crippen LogP contribution in [-0.4, -0.2) is 17.6 Å². The predicted octanol–water partition coefficient (Wildman–Crippen LogP) is 1.22. The molecule has 15 heavy (non-hydrogen) atoms. The maximum absolute atomic E-state index is 10.9.